The molecule has 100 valence electrons. The van der Waals surface area contributed by atoms with E-state index in [2.05, 4.69) is 6.92 Å². The van der Waals surface area contributed by atoms with Gasteiger partial charge in [0, 0.05) is 0 Å². The number of unbranched alkanes of at least 4 members (excludes halogenated alkanes) is 3. The van der Waals surface area contributed by atoms with Gasteiger partial charge in [0.15, 0.2) is 5.79 Å². The molecule has 4 nitrogen and oxygen atoms in total. The Morgan fingerprint density at radius 2 is 1.94 bits per heavy atom. The number of hydrogen-bond donors (Lipinski definition) is 0. The molecule has 2 fully saturated rings. The molecule has 2 aliphatic heterocycles. The van der Waals surface area contributed by atoms with Crippen molar-refractivity contribution < 1.29 is 19.2 Å². The Hall–Kier alpha value is -0.160. The standard InChI is InChI=1S/C13H24O4/c1-4-5-6-7-8-13-10-15-14-9-11(13)16-12(2,3)17-13/h11H,4-10H2,1-3H3/t11-,13+/m1/s1. The minimum atomic E-state index is -0.521. The zero-order valence-electron chi connectivity index (χ0n) is 11.2. The van der Waals surface area contributed by atoms with E-state index < -0.39 is 5.79 Å². The monoisotopic (exact) mass is 244 g/mol. The summed E-state index contributed by atoms with van der Waals surface area (Å²) in [4.78, 5) is 10.2. The first kappa shape index (κ1) is 13.3. The van der Waals surface area contributed by atoms with Gasteiger partial charge in [-0.2, -0.15) is 0 Å². The van der Waals surface area contributed by atoms with Crippen LogP contribution in [0.1, 0.15) is 52.9 Å². The van der Waals surface area contributed by atoms with Crippen LogP contribution in [-0.4, -0.2) is 30.7 Å². The second kappa shape index (κ2) is 5.22. The van der Waals surface area contributed by atoms with Crippen LogP contribution in [0.2, 0.25) is 0 Å². The van der Waals surface area contributed by atoms with Crippen LogP contribution in [0.25, 0.3) is 0 Å². The maximum Gasteiger partial charge on any atom is 0.164 e. The Bertz CT molecular complexity index is 254. The van der Waals surface area contributed by atoms with Crippen LogP contribution in [0.15, 0.2) is 0 Å². The molecule has 0 N–H and O–H groups in total. The molecule has 0 aromatic rings. The van der Waals surface area contributed by atoms with Crippen LogP contribution in [0, 0.1) is 0 Å². The van der Waals surface area contributed by atoms with E-state index in [1.165, 1.54) is 19.3 Å². The molecule has 17 heavy (non-hydrogen) atoms. The maximum atomic E-state index is 6.09. The van der Waals surface area contributed by atoms with Gasteiger partial charge in [0.05, 0.1) is 0 Å². The van der Waals surface area contributed by atoms with Gasteiger partial charge in [-0.1, -0.05) is 32.6 Å². The van der Waals surface area contributed by atoms with Crippen LogP contribution in [0.5, 0.6) is 0 Å². The van der Waals surface area contributed by atoms with Crippen LogP contribution >= 0.6 is 0 Å². The van der Waals surface area contributed by atoms with Crippen molar-refractivity contribution in [3.63, 3.8) is 0 Å². The Kier molecular flexibility index (Phi) is 4.08. The fraction of sp³-hybridized carbons (Fsp3) is 1.00. The van der Waals surface area contributed by atoms with E-state index in [1.54, 1.807) is 0 Å². The fourth-order valence-electron chi connectivity index (χ4n) is 2.72. The highest BCUT2D eigenvalue weighted by Crippen LogP contribution is 2.42. The molecule has 0 radical (unpaired) electrons. The van der Waals surface area contributed by atoms with E-state index in [-0.39, 0.29) is 11.7 Å². The lowest BCUT2D eigenvalue weighted by molar-refractivity contribution is -0.357. The van der Waals surface area contributed by atoms with Gasteiger partial charge < -0.3 is 9.47 Å². The lowest BCUT2D eigenvalue weighted by atomic mass is 9.90. The summed E-state index contributed by atoms with van der Waals surface area (Å²) in [5.74, 6) is -0.521. The lowest BCUT2D eigenvalue weighted by Gasteiger charge is -2.35. The minimum Gasteiger partial charge on any atom is -0.342 e. The van der Waals surface area contributed by atoms with Crippen molar-refractivity contribution in [2.24, 2.45) is 0 Å². The number of ether oxygens (including phenoxy) is 2. The molecule has 2 aliphatic rings. The van der Waals surface area contributed by atoms with E-state index in [0.717, 1.165) is 12.8 Å². The minimum absolute atomic E-state index is 0.00729. The first-order valence-corrected chi connectivity index (χ1v) is 6.70. The van der Waals surface area contributed by atoms with Gasteiger partial charge in [-0.05, 0) is 20.3 Å². The first-order valence-electron chi connectivity index (χ1n) is 6.70. The molecule has 0 aliphatic carbocycles. The van der Waals surface area contributed by atoms with Crippen LogP contribution in [0.4, 0.5) is 0 Å². The van der Waals surface area contributed by atoms with Gasteiger partial charge in [-0.25, -0.2) is 9.78 Å². The van der Waals surface area contributed by atoms with Crippen molar-refractivity contribution in [3.8, 4) is 0 Å². The molecule has 0 aromatic heterocycles. The quantitative estimate of drug-likeness (QED) is 0.550. The fourth-order valence-corrected chi connectivity index (χ4v) is 2.72. The molecular formula is C13H24O4. The zero-order valence-corrected chi connectivity index (χ0v) is 11.2. The predicted octanol–water partition coefficient (Wildman–Crippen LogP) is 2.81. The molecule has 4 heteroatoms. The molecular weight excluding hydrogens is 220 g/mol. The summed E-state index contributed by atoms with van der Waals surface area (Å²) in [6, 6.07) is 0. The average molecular weight is 244 g/mol. The molecule has 2 saturated heterocycles. The molecule has 2 atom stereocenters. The highest BCUT2D eigenvalue weighted by atomic mass is 17.2. The molecule has 0 unspecified atom stereocenters. The Morgan fingerprint density at radius 3 is 2.71 bits per heavy atom. The van der Waals surface area contributed by atoms with Gasteiger partial charge in [0.1, 0.15) is 24.9 Å². The smallest absolute Gasteiger partial charge is 0.164 e. The Balaban J connectivity index is 1.94. The second-order valence-electron chi connectivity index (χ2n) is 5.53. The number of hydrogen-bond acceptors (Lipinski definition) is 4. The summed E-state index contributed by atoms with van der Waals surface area (Å²) in [5.41, 5.74) is -0.296. The zero-order chi connectivity index (χ0) is 12.4. The first-order chi connectivity index (χ1) is 8.08. The predicted molar refractivity (Wildman–Crippen MR) is 63.4 cm³/mol. The van der Waals surface area contributed by atoms with E-state index >= 15 is 0 Å². The van der Waals surface area contributed by atoms with Crippen LogP contribution in [-0.2, 0) is 19.2 Å². The summed E-state index contributed by atoms with van der Waals surface area (Å²) in [5, 5.41) is 0. The van der Waals surface area contributed by atoms with E-state index in [0.29, 0.717) is 13.2 Å². The third kappa shape index (κ3) is 2.99. The second-order valence-corrected chi connectivity index (χ2v) is 5.53. The van der Waals surface area contributed by atoms with Gasteiger partial charge in [0.25, 0.3) is 0 Å². The topological polar surface area (TPSA) is 36.9 Å². The van der Waals surface area contributed by atoms with E-state index in [9.17, 15) is 0 Å². The summed E-state index contributed by atoms with van der Waals surface area (Å²) in [6.07, 6.45) is 5.93. The summed E-state index contributed by atoms with van der Waals surface area (Å²) in [7, 11) is 0. The highest BCUT2D eigenvalue weighted by molar-refractivity contribution is 4.97. The molecule has 0 saturated carbocycles. The van der Waals surface area contributed by atoms with Crippen molar-refractivity contribution in [3.05, 3.63) is 0 Å². The average Bonchev–Trinajstić information content (AvgIpc) is 2.55. The molecule has 0 amide bonds. The van der Waals surface area contributed by atoms with Crippen molar-refractivity contribution in [2.45, 2.75) is 70.4 Å². The van der Waals surface area contributed by atoms with Crippen LogP contribution in [0.3, 0.4) is 0 Å². The van der Waals surface area contributed by atoms with Crippen molar-refractivity contribution >= 4 is 0 Å². The third-order valence-corrected chi connectivity index (χ3v) is 3.52. The van der Waals surface area contributed by atoms with E-state index in [1.807, 2.05) is 13.8 Å². The Labute approximate surface area is 103 Å². The van der Waals surface area contributed by atoms with Crippen molar-refractivity contribution in [2.75, 3.05) is 13.2 Å². The van der Waals surface area contributed by atoms with Gasteiger partial charge in [-0.3, -0.25) is 0 Å². The Morgan fingerprint density at radius 1 is 1.12 bits per heavy atom. The van der Waals surface area contributed by atoms with E-state index in [4.69, 9.17) is 19.2 Å². The largest absolute Gasteiger partial charge is 0.342 e. The normalized spacial score (nSPS) is 35.8. The molecule has 2 rings (SSSR count). The number of rotatable bonds is 5. The maximum absolute atomic E-state index is 6.09. The van der Waals surface area contributed by atoms with Gasteiger partial charge in [-0.15, -0.1) is 0 Å². The SMILES string of the molecule is CCCCCC[C@]12COOC[C@H]1OC(C)(C)O2. The molecule has 0 aromatic carbocycles. The number of fused-ring (bicyclic) bond motifs is 1. The summed E-state index contributed by atoms with van der Waals surface area (Å²) in [6.45, 7) is 7.08. The summed E-state index contributed by atoms with van der Waals surface area (Å²) >= 11 is 0. The molecule has 0 spiro atoms. The van der Waals surface area contributed by atoms with Gasteiger partial charge in [0.2, 0.25) is 0 Å². The lowest BCUT2D eigenvalue weighted by Crippen LogP contribution is -2.50. The molecule has 2 heterocycles. The molecule has 0 bridgehead atoms. The van der Waals surface area contributed by atoms with Crippen LogP contribution < -0.4 is 0 Å². The van der Waals surface area contributed by atoms with Crippen molar-refractivity contribution in [1.29, 1.82) is 0 Å². The summed E-state index contributed by atoms with van der Waals surface area (Å²) < 4.78 is 12.0. The highest BCUT2D eigenvalue weighted by Gasteiger charge is 2.55. The van der Waals surface area contributed by atoms with Gasteiger partial charge >= 0.3 is 0 Å². The third-order valence-electron chi connectivity index (χ3n) is 3.52. The van der Waals surface area contributed by atoms with Crippen molar-refractivity contribution in [1.82, 2.24) is 0 Å².